The molecule has 100 valence electrons. The predicted octanol–water partition coefficient (Wildman–Crippen LogP) is 0.680. The van der Waals surface area contributed by atoms with Crippen molar-refractivity contribution in [1.82, 2.24) is 14.8 Å². The number of rotatable bonds is 2. The van der Waals surface area contributed by atoms with Crippen LogP contribution in [-0.2, 0) is 11.2 Å². The summed E-state index contributed by atoms with van der Waals surface area (Å²) in [5.41, 5.74) is 2.32. The van der Waals surface area contributed by atoms with Crippen molar-refractivity contribution < 1.29 is 4.79 Å². The number of hydrogen-bond acceptors (Lipinski definition) is 4. The molecule has 1 aromatic heterocycles. The Labute approximate surface area is 113 Å². The van der Waals surface area contributed by atoms with Crippen LogP contribution in [-0.4, -0.2) is 59.3 Å². The summed E-state index contributed by atoms with van der Waals surface area (Å²) >= 11 is 0. The molecule has 0 spiro atoms. The Morgan fingerprint density at radius 1 is 1.26 bits per heavy atom. The minimum absolute atomic E-state index is 0.0433. The molecule has 1 aliphatic carbocycles. The van der Waals surface area contributed by atoms with Crippen LogP contribution in [0.1, 0.15) is 23.6 Å². The van der Waals surface area contributed by atoms with Gasteiger partial charge in [-0.3, -0.25) is 19.6 Å². The van der Waals surface area contributed by atoms with E-state index < -0.39 is 0 Å². The van der Waals surface area contributed by atoms with E-state index in [9.17, 15) is 4.79 Å². The zero-order chi connectivity index (χ0) is 12.8. The third-order valence-electron chi connectivity index (χ3n) is 4.91. The van der Waals surface area contributed by atoms with Gasteiger partial charge >= 0.3 is 0 Å². The Balaban J connectivity index is 1.59. The van der Waals surface area contributed by atoms with Crippen LogP contribution in [0.5, 0.6) is 0 Å². The summed E-state index contributed by atoms with van der Waals surface area (Å²) in [6, 6.07) is 4.20. The number of carbonyl (C=O) groups is 1. The monoisotopic (exact) mass is 257 g/mol. The van der Waals surface area contributed by atoms with Gasteiger partial charge in [-0.15, -0.1) is 0 Å². The highest BCUT2D eigenvalue weighted by molar-refractivity contribution is 5.91. The molecule has 0 saturated carbocycles. The summed E-state index contributed by atoms with van der Waals surface area (Å²) in [4.78, 5) is 22.1. The molecule has 4 aliphatic rings. The standard InChI is InChI=1S/C15H19N3O/c19-15(13-10-17-6-8-18(13)9-7-17)12-4-3-11-2-1-5-16-14(11)12/h1-2,5,12-13H,3-4,6-10H2. The van der Waals surface area contributed by atoms with E-state index in [1.54, 1.807) is 0 Å². The normalized spacial score (nSPS) is 36.2. The number of fused-ring (bicyclic) bond motifs is 4. The molecule has 0 amide bonds. The highest BCUT2D eigenvalue weighted by atomic mass is 16.1. The second-order valence-electron chi connectivity index (χ2n) is 5.89. The van der Waals surface area contributed by atoms with Gasteiger partial charge < -0.3 is 0 Å². The van der Waals surface area contributed by atoms with Crippen LogP contribution in [0.25, 0.3) is 0 Å². The summed E-state index contributed by atoms with van der Waals surface area (Å²) in [5, 5.41) is 0. The molecule has 3 saturated heterocycles. The Morgan fingerprint density at radius 2 is 2.11 bits per heavy atom. The maximum atomic E-state index is 12.8. The SMILES string of the molecule is O=C(C1CCc2cccnc21)C1CN2CCN1CC2. The molecule has 0 radical (unpaired) electrons. The first-order valence-corrected chi connectivity index (χ1v) is 7.27. The Kier molecular flexibility index (Phi) is 2.67. The highest BCUT2D eigenvalue weighted by Gasteiger charge is 2.41. The minimum atomic E-state index is 0.0433. The second kappa shape index (κ2) is 4.39. The lowest BCUT2D eigenvalue weighted by Gasteiger charge is -2.47. The van der Waals surface area contributed by atoms with E-state index in [0.717, 1.165) is 51.3 Å². The zero-order valence-corrected chi connectivity index (χ0v) is 11.1. The van der Waals surface area contributed by atoms with Crippen LogP contribution in [0, 0.1) is 0 Å². The lowest BCUT2D eigenvalue weighted by molar-refractivity contribution is -0.131. The molecule has 2 bridgehead atoms. The van der Waals surface area contributed by atoms with E-state index in [2.05, 4.69) is 20.9 Å². The van der Waals surface area contributed by atoms with Crippen LogP contribution in [0.4, 0.5) is 0 Å². The molecule has 19 heavy (non-hydrogen) atoms. The summed E-state index contributed by atoms with van der Waals surface area (Å²) < 4.78 is 0. The number of pyridine rings is 1. The van der Waals surface area contributed by atoms with Gasteiger partial charge in [-0.2, -0.15) is 0 Å². The molecule has 1 aromatic rings. The Hall–Kier alpha value is -1.26. The first kappa shape index (κ1) is 11.6. The quantitative estimate of drug-likeness (QED) is 0.781. The number of ketones is 1. The van der Waals surface area contributed by atoms with Gasteiger partial charge in [-0.25, -0.2) is 0 Å². The van der Waals surface area contributed by atoms with E-state index in [-0.39, 0.29) is 12.0 Å². The highest BCUT2D eigenvalue weighted by Crippen LogP contribution is 2.34. The summed E-state index contributed by atoms with van der Waals surface area (Å²) in [7, 11) is 0. The molecule has 4 heteroatoms. The molecule has 0 N–H and O–H groups in total. The molecule has 4 nitrogen and oxygen atoms in total. The fourth-order valence-electron chi connectivity index (χ4n) is 3.81. The molecule has 4 heterocycles. The van der Waals surface area contributed by atoms with Gasteiger partial charge in [0.1, 0.15) is 0 Å². The molecular weight excluding hydrogens is 238 g/mol. The fraction of sp³-hybridized carbons (Fsp3) is 0.600. The van der Waals surface area contributed by atoms with Crippen molar-refractivity contribution >= 4 is 5.78 Å². The summed E-state index contributed by atoms with van der Waals surface area (Å²) in [6.07, 6.45) is 3.78. The summed E-state index contributed by atoms with van der Waals surface area (Å²) in [5.74, 6) is 0.448. The lowest BCUT2D eigenvalue weighted by atomic mass is 9.92. The number of Topliss-reactive ketones (excluding diaryl/α,β-unsaturated/α-hetero) is 1. The second-order valence-corrected chi connectivity index (χ2v) is 5.89. The third kappa shape index (κ3) is 1.82. The van der Waals surface area contributed by atoms with E-state index in [0.29, 0.717) is 5.78 Å². The number of hydrogen-bond donors (Lipinski definition) is 0. The van der Waals surface area contributed by atoms with Gasteiger partial charge in [0.25, 0.3) is 0 Å². The van der Waals surface area contributed by atoms with E-state index in [1.807, 2.05) is 12.3 Å². The Morgan fingerprint density at radius 3 is 2.84 bits per heavy atom. The number of piperazine rings is 3. The van der Waals surface area contributed by atoms with Gasteiger partial charge in [-0.05, 0) is 24.5 Å². The molecule has 2 atom stereocenters. The number of aryl methyl sites for hydroxylation is 1. The van der Waals surface area contributed by atoms with Gasteiger partial charge in [0.05, 0.1) is 17.7 Å². The lowest BCUT2D eigenvalue weighted by Crippen LogP contribution is -2.63. The predicted molar refractivity (Wildman–Crippen MR) is 72.1 cm³/mol. The maximum Gasteiger partial charge on any atom is 0.160 e. The van der Waals surface area contributed by atoms with E-state index in [4.69, 9.17) is 0 Å². The summed E-state index contributed by atoms with van der Waals surface area (Å²) in [6.45, 7) is 5.29. The van der Waals surface area contributed by atoms with Gasteiger partial charge in [0.15, 0.2) is 5.78 Å². The fourth-order valence-corrected chi connectivity index (χ4v) is 3.81. The van der Waals surface area contributed by atoms with Crippen LogP contribution < -0.4 is 0 Å². The molecule has 5 rings (SSSR count). The number of nitrogens with zero attached hydrogens (tertiary/aromatic N) is 3. The maximum absolute atomic E-state index is 12.8. The van der Waals surface area contributed by atoms with Crippen LogP contribution in [0.2, 0.25) is 0 Å². The van der Waals surface area contributed by atoms with Crippen molar-refractivity contribution in [2.75, 3.05) is 32.7 Å². The van der Waals surface area contributed by atoms with Crippen LogP contribution in [0.15, 0.2) is 18.3 Å². The van der Waals surface area contributed by atoms with Crippen molar-refractivity contribution in [3.63, 3.8) is 0 Å². The van der Waals surface area contributed by atoms with Crippen LogP contribution >= 0.6 is 0 Å². The van der Waals surface area contributed by atoms with E-state index >= 15 is 0 Å². The Bertz CT molecular complexity index is 508. The van der Waals surface area contributed by atoms with Crippen LogP contribution in [0.3, 0.4) is 0 Å². The number of carbonyl (C=O) groups excluding carboxylic acids is 1. The van der Waals surface area contributed by atoms with Gasteiger partial charge in [0, 0.05) is 38.9 Å². The molecule has 3 aliphatic heterocycles. The number of aromatic nitrogens is 1. The molecular formula is C15H19N3O. The first-order valence-electron chi connectivity index (χ1n) is 7.27. The first-order chi connectivity index (χ1) is 9.33. The average Bonchev–Trinajstić information content (AvgIpc) is 2.91. The van der Waals surface area contributed by atoms with Crippen molar-refractivity contribution in [3.8, 4) is 0 Å². The van der Waals surface area contributed by atoms with Crippen molar-refractivity contribution in [3.05, 3.63) is 29.6 Å². The zero-order valence-electron chi connectivity index (χ0n) is 11.1. The minimum Gasteiger partial charge on any atom is -0.299 e. The largest absolute Gasteiger partial charge is 0.299 e. The molecule has 3 fully saturated rings. The molecule has 0 aromatic carbocycles. The van der Waals surface area contributed by atoms with Crippen molar-refractivity contribution in [2.45, 2.75) is 24.8 Å². The average molecular weight is 257 g/mol. The molecule has 2 unspecified atom stereocenters. The van der Waals surface area contributed by atoms with Crippen molar-refractivity contribution in [2.24, 2.45) is 0 Å². The topological polar surface area (TPSA) is 36.4 Å². The van der Waals surface area contributed by atoms with Gasteiger partial charge in [0.2, 0.25) is 0 Å². The smallest absolute Gasteiger partial charge is 0.160 e. The van der Waals surface area contributed by atoms with E-state index in [1.165, 1.54) is 5.56 Å². The third-order valence-corrected chi connectivity index (χ3v) is 4.91. The van der Waals surface area contributed by atoms with Gasteiger partial charge in [-0.1, -0.05) is 6.07 Å². The van der Waals surface area contributed by atoms with Crippen molar-refractivity contribution in [1.29, 1.82) is 0 Å².